The molecule has 1 aliphatic rings. The summed E-state index contributed by atoms with van der Waals surface area (Å²) >= 11 is 0. The molecule has 0 spiro atoms. The summed E-state index contributed by atoms with van der Waals surface area (Å²) in [6, 6.07) is 9.47. The molecule has 8 heteroatoms. The van der Waals surface area contributed by atoms with Gasteiger partial charge in [-0.25, -0.2) is 13.1 Å². The van der Waals surface area contributed by atoms with E-state index in [2.05, 4.69) is 15.0 Å². The van der Waals surface area contributed by atoms with Gasteiger partial charge in [-0.2, -0.15) is 0 Å². The second-order valence-corrected chi connectivity index (χ2v) is 7.89. The summed E-state index contributed by atoms with van der Waals surface area (Å²) in [5, 5.41) is 2.82. The lowest BCUT2D eigenvalue weighted by molar-refractivity contribution is 0.0939. The van der Waals surface area contributed by atoms with Crippen LogP contribution in [0.2, 0.25) is 0 Å². The summed E-state index contributed by atoms with van der Waals surface area (Å²) in [6.07, 6.45) is 3.30. The second kappa shape index (κ2) is 7.43. The van der Waals surface area contributed by atoms with Gasteiger partial charge in [-0.05, 0) is 50.1 Å². The zero-order valence-corrected chi connectivity index (χ0v) is 15.4. The number of carbonyl (C=O) groups is 1. The van der Waals surface area contributed by atoms with E-state index in [4.69, 9.17) is 4.74 Å². The van der Waals surface area contributed by atoms with Gasteiger partial charge in [0.1, 0.15) is 10.6 Å². The number of benzene rings is 1. The number of rotatable bonds is 7. The minimum atomic E-state index is -3.74. The van der Waals surface area contributed by atoms with Gasteiger partial charge in [0.05, 0.1) is 18.8 Å². The van der Waals surface area contributed by atoms with Crippen LogP contribution in [-0.4, -0.2) is 32.5 Å². The van der Waals surface area contributed by atoms with Crippen molar-refractivity contribution in [2.24, 2.45) is 0 Å². The molecule has 7 nitrogen and oxygen atoms in total. The summed E-state index contributed by atoms with van der Waals surface area (Å²) in [7, 11) is -2.35. The lowest BCUT2D eigenvalue weighted by Crippen LogP contribution is -2.29. The molecule has 0 bridgehead atoms. The van der Waals surface area contributed by atoms with E-state index in [1.807, 2.05) is 19.1 Å². The van der Waals surface area contributed by atoms with Gasteiger partial charge in [-0.15, -0.1) is 0 Å². The number of amides is 1. The van der Waals surface area contributed by atoms with Crippen LogP contribution in [0.3, 0.4) is 0 Å². The van der Waals surface area contributed by atoms with Gasteiger partial charge in [0.25, 0.3) is 5.91 Å². The smallest absolute Gasteiger partial charge is 0.251 e. The molecule has 2 aromatic rings. The van der Waals surface area contributed by atoms with Gasteiger partial charge in [-0.3, -0.25) is 9.78 Å². The van der Waals surface area contributed by atoms with E-state index in [1.54, 1.807) is 12.3 Å². The molecule has 138 valence electrons. The Morgan fingerprint density at radius 2 is 2.04 bits per heavy atom. The number of nitrogens with one attached hydrogen (secondary N) is 2. The van der Waals surface area contributed by atoms with Crippen LogP contribution in [0.15, 0.2) is 47.5 Å². The van der Waals surface area contributed by atoms with E-state index in [0.29, 0.717) is 0 Å². The highest BCUT2D eigenvalue weighted by atomic mass is 32.2. The monoisotopic (exact) mass is 375 g/mol. The third-order valence-corrected chi connectivity index (χ3v) is 5.64. The minimum absolute atomic E-state index is 0.0358. The Kier molecular flexibility index (Phi) is 5.24. The van der Waals surface area contributed by atoms with Crippen molar-refractivity contribution < 1.29 is 17.9 Å². The molecule has 1 aliphatic carbocycles. The molecule has 1 fully saturated rings. The Bertz CT molecular complexity index is 896. The predicted octanol–water partition coefficient (Wildman–Crippen LogP) is 2.02. The van der Waals surface area contributed by atoms with Gasteiger partial charge in [0, 0.05) is 17.8 Å². The maximum atomic E-state index is 12.5. The van der Waals surface area contributed by atoms with Crippen LogP contribution in [0.25, 0.3) is 0 Å². The van der Waals surface area contributed by atoms with E-state index < -0.39 is 10.0 Å². The fourth-order valence-corrected chi connectivity index (χ4v) is 4.00. The predicted molar refractivity (Wildman–Crippen MR) is 96.5 cm³/mol. The fraction of sp³-hybridized carbons (Fsp3) is 0.333. The fourth-order valence-electron chi connectivity index (χ4n) is 2.50. The summed E-state index contributed by atoms with van der Waals surface area (Å²) in [5.74, 6) is -0.179. The lowest BCUT2D eigenvalue weighted by Gasteiger charge is -2.15. The van der Waals surface area contributed by atoms with Crippen molar-refractivity contribution in [2.45, 2.75) is 36.7 Å². The van der Waals surface area contributed by atoms with Crippen molar-refractivity contribution in [2.75, 3.05) is 7.11 Å². The van der Waals surface area contributed by atoms with Crippen molar-refractivity contribution in [3.63, 3.8) is 0 Å². The highest BCUT2D eigenvalue weighted by Crippen LogP contribution is 2.28. The highest BCUT2D eigenvalue weighted by molar-refractivity contribution is 7.89. The zero-order chi connectivity index (χ0) is 18.7. The Hall–Kier alpha value is -2.45. The number of aromatic nitrogens is 1. The van der Waals surface area contributed by atoms with Crippen molar-refractivity contribution in [1.82, 2.24) is 15.0 Å². The van der Waals surface area contributed by atoms with Gasteiger partial charge in [0.2, 0.25) is 10.0 Å². The maximum absolute atomic E-state index is 12.5. The summed E-state index contributed by atoms with van der Waals surface area (Å²) in [4.78, 5) is 16.7. The molecular weight excluding hydrogens is 354 g/mol. The van der Waals surface area contributed by atoms with Crippen LogP contribution in [-0.2, 0) is 10.0 Å². The first-order valence-corrected chi connectivity index (χ1v) is 9.81. The number of ether oxygens (including phenoxy) is 1. The molecule has 26 heavy (non-hydrogen) atoms. The first kappa shape index (κ1) is 18.3. The van der Waals surface area contributed by atoms with Crippen LogP contribution in [0.1, 0.15) is 41.9 Å². The molecule has 1 aromatic heterocycles. The normalized spacial score (nSPS) is 15.3. The van der Waals surface area contributed by atoms with Crippen molar-refractivity contribution >= 4 is 15.9 Å². The highest BCUT2D eigenvalue weighted by Gasteiger charge is 2.30. The number of sulfonamides is 1. The minimum Gasteiger partial charge on any atom is -0.495 e. The molecule has 2 N–H and O–H groups in total. The first-order valence-electron chi connectivity index (χ1n) is 8.33. The number of hydrogen-bond donors (Lipinski definition) is 2. The van der Waals surface area contributed by atoms with Crippen molar-refractivity contribution in [3.05, 3.63) is 53.9 Å². The van der Waals surface area contributed by atoms with Crippen LogP contribution in [0.5, 0.6) is 5.75 Å². The van der Waals surface area contributed by atoms with Crippen molar-refractivity contribution in [3.8, 4) is 5.75 Å². The number of nitrogens with zero attached hydrogens (tertiary/aromatic N) is 1. The van der Waals surface area contributed by atoms with E-state index >= 15 is 0 Å². The average Bonchev–Trinajstić information content (AvgIpc) is 3.45. The Morgan fingerprint density at radius 3 is 2.65 bits per heavy atom. The maximum Gasteiger partial charge on any atom is 0.251 e. The Labute approximate surface area is 152 Å². The Balaban J connectivity index is 1.83. The molecule has 1 amide bonds. The second-order valence-electron chi connectivity index (χ2n) is 6.21. The SMILES string of the molecule is COc1ccc(C(=O)N[C@H](C)c2ccccn2)cc1S(=O)(=O)NC1CC1. The van der Waals surface area contributed by atoms with Crippen LogP contribution < -0.4 is 14.8 Å². The summed E-state index contributed by atoms with van der Waals surface area (Å²) in [5.41, 5.74) is 0.961. The van der Waals surface area contributed by atoms with Crippen LogP contribution in [0, 0.1) is 0 Å². The van der Waals surface area contributed by atoms with Gasteiger partial charge in [-0.1, -0.05) is 6.07 Å². The van der Waals surface area contributed by atoms with Gasteiger partial charge >= 0.3 is 0 Å². The van der Waals surface area contributed by atoms with Crippen molar-refractivity contribution in [1.29, 1.82) is 0 Å². The van der Waals surface area contributed by atoms with E-state index in [-0.39, 0.29) is 34.2 Å². The topological polar surface area (TPSA) is 97.4 Å². The molecule has 1 heterocycles. The molecular formula is C18H21N3O4S. The summed E-state index contributed by atoms with van der Waals surface area (Å²) in [6.45, 7) is 1.82. The van der Waals surface area contributed by atoms with E-state index in [9.17, 15) is 13.2 Å². The molecule has 0 radical (unpaired) electrons. The molecule has 1 aromatic carbocycles. The average molecular weight is 375 g/mol. The largest absolute Gasteiger partial charge is 0.495 e. The third kappa shape index (κ3) is 4.20. The molecule has 0 aliphatic heterocycles. The van der Waals surface area contributed by atoms with Gasteiger partial charge < -0.3 is 10.1 Å². The number of methoxy groups -OCH3 is 1. The molecule has 0 saturated heterocycles. The van der Waals surface area contributed by atoms with E-state index in [1.165, 1.54) is 25.3 Å². The Morgan fingerprint density at radius 1 is 1.27 bits per heavy atom. The molecule has 1 atom stereocenters. The molecule has 1 saturated carbocycles. The molecule has 3 rings (SSSR count). The molecule has 0 unspecified atom stereocenters. The summed E-state index contributed by atoms with van der Waals surface area (Å²) < 4.78 is 32.9. The van der Waals surface area contributed by atoms with Gasteiger partial charge in [0.15, 0.2) is 0 Å². The number of hydrogen-bond acceptors (Lipinski definition) is 5. The standard InChI is InChI=1S/C18H21N3O4S/c1-12(15-5-3-4-10-19-15)20-18(22)13-6-9-16(25-2)17(11-13)26(23,24)21-14-7-8-14/h3-6,9-12,14,21H,7-8H2,1-2H3,(H,20,22)/t12-/m1/s1. The lowest BCUT2D eigenvalue weighted by atomic mass is 10.1. The number of pyridine rings is 1. The quantitative estimate of drug-likeness (QED) is 0.772. The van der Waals surface area contributed by atoms with Crippen LogP contribution >= 0.6 is 0 Å². The zero-order valence-electron chi connectivity index (χ0n) is 14.6. The number of carbonyl (C=O) groups excluding carboxylic acids is 1. The van der Waals surface area contributed by atoms with E-state index in [0.717, 1.165) is 18.5 Å². The third-order valence-electron chi connectivity index (χ3n) is 4.09. The first-order chi connectivity index (χ1) is 12.4. The van der Waals surface area contributed by atoms with Crippen LogP contribution in [0.4, 0.5) is 0 Å².